The van der Waals surface area contributed by atoms with Crippen molar-refractivity contribution in [3.8, 4) is 11.5 Å². The van der Waals surface area contributed by atoms with Crippen molar-refractivity contribution < 1.29 is 23.8 Å². The molecular formula is C25H31NO5. The second kappa shape index (κ2) is 11.8. The maximum atomic E-state index is 12.5. The quantitative estimate of drug-likeness (QED) is 0.530. The molecule has 0 aliphatic rings. The number of ether oxygens (including phenoxy) is 3. The summed E-state index contributed by atoms with van der Waals surface area (Å²) in [6.07, 6.45) is 3.84. The molecule has 2 rings (SSSR count). The molecule has 2 aromatic carbocycles. The molecule has 0 fully saturated rings. The third kappa shape index (κ3) is 6.88. The summed E-state index contributed by atoms with van der Waals surface area (Å²) in [6, 6.07) is 13.0. The Labute approximate surface area is 184 Å². The van der Waals surface area contributed by atoms with E-state index in [1.807, 2.05) is 55.5 Å². The van der Waals surface area contributed by atoms with E-state index in [9.17, 15) is 9.59 Å². The van der Waals surface area contributed by atoms with Crippen LogP contribution in [0.5, 0.6) is 11.5 Å². The number of rotatable bonds is 10. The van der Waals surface area contributed by atoms with E-state index in [1.54, 1.807) is 6.07 Å². The molecule has 0 unspecified atom stereocenters. The summed E-state index contributed by atoms with van der Waals surface area (Å²) >= 11 is 0. The van der Waals surface area contributed by atoms with Crippen LogP contribution >= 0.6 is 0 Å². The molecule has 0 bridgehead atoms. The third-order valence-corrected chi connectivity index (χ3v) is 4.93. The number of amides is 1. The van der Waals surface area contributed by atoms with Gasteiger partial charge in [0.15, 0.2) is 24.2 Å². The van der Waals surface area contributed by atoms with Gasteiger partial charge >= 0.3 is 5.97 Å². The zero-order valence-corrected chi connectivity index (χ0v) is 18.8. The fraction of sp³-hybridized carbons (Fsp3) is 0.360. The van der Waals surface area contributed by atoms with Gasteiger partial charge in [-0.2, -0.15) is 0 Å². The molecule has 166 valence electrons. The molecule has 1 N–H and O–H groups in total. The maximum absolute atomic E-state index is 12.5. The van der Waals surface area contributed by atoms with Gasteiger partial charge in [0, 0.05) is 5.69 Å². The first-order valence-electron chi connectivity index (χ1n) is 10.4. The number of carbonyl (C=O) groups is 2. The van der Waals surface area contributed by atoms with E-state index >= 15 is 0 Å². The van der Waals surface area contributed by atoms with Crippen molar-refractivity contribution in [2.24, 2.45) is 0 Å². The Balaban J connectivity index is 1.94. The van der Waals surface area contributed by atoms with E-state index in [0.717, 1.165) is 23.2 Å². The summed E-state index contributed by atoms with van der Waals surface area (Å²) in [5, 5.41) is 2.86. The van der Waals surface area contributed by atoms with Crippen LogP contribution in [0.2, 0.25) is 0 Å². The van der Waals surface area contributed by atoms with Crippen molar-refractivity contribution in [3.63, 3.8) is 0 Å². The lowest BCUT2D eigenvalue weighted by molar-refractivity contribution is -0.155. The number of carbonyl (C=O) groups excluding carboxylic acids is 2. The number of methoxy groups -OCH3 is 1. The van der Waals surface area contributed by atoms with Crippen LogP contribution in [0.25, 0.3) is 6.08 Å². The summed E-state index contributed by atoms with van der Waals surface area (Å²) in [7, 11) is 1.53. The topological polar surface area (TPSA) is 73.9 Å². The molecule has 6 nitrogen and oxygen atoms in total. The lowest BCUT2D eigenvalue weighted by Crippen LogP contribution is -2.32. The number of esters is 1. The van der Waals surface area contributed by atoms with Gasteiger partial charge in [0.05, 0.1) is 7.11 Å². The zero-order valence-electron chi connectivity index (χ0n) is 18.8. The zero-order chi connectivity index (χ0) is 22.8. The Kier molecular flexibility index (Phi) is 9.13. The minimum absolute atomic E-state index is 0.303. The van der Waals surface area contributed by atoms with Gasteiger partial charge in [-0.1, -0.05) is 50.3 Å². The second-order valence-electron chi connectivity index (χ2n) is 7.22. The van der Waals surface area contributed by atoms with Crippen LogP contribution in [0.15, 0.2) is 48.5 Å². The van der Waals surface area contributed by atoms with Crippen molar-refractivity contribution in [3.05, 3.63) is 59.7 Å². The van der Waals surface area contributed by atoms with E-state index in [-0.39, 0.29) is 6.61 Å². The van der Waals surface area contributed by atoms with Crippen LogP contribution in [0.4, 0.5) is 5.69 Å². The molecule has 0 spiro atoms. The SMILES string of the molecule is C/C=C/c1ccc(OCC(=O)O[C@@H](C)C(=O)Nc2ccccc2[C@@H](C)CC)c(OC)c1. The van der Waals surface area contributed by atoms with Gasteiger partial charge in [0.1, 0.15) is 0 Å². The molecule has 0 heterocycles. The molecule has 6 heteroatoms. The van der Waals surface area contributed by atoms with Crippen molar-refractivity contribution in [2.45, 2.75) is 46.1 Å². The number of hydrogen-bond donors (Lipinski definition) is 1. The number of nitrogens with one attached hydrogen (secondary N) is 1. The minimum Gasteiger partial charge on any atom is -0.493 e. The fourth-order valence-corrected chi connectivity index (χ4v) is 3.02. The standard InChI is InChI=1S/C25H31NO5/c1-6-10-19-13-14-22(23(15-19)29-5)30-16-24(27)31-18(4)25(28)26-21-12-9-8-11-20(21)17(3)7-2/h6,8-15,17-18H,7,16H2,1-5H3,(H,26,28)/b10-6+/t17-,18-/m0/s1. The highest BCUT2D eigenvalue weighted by molar-refractivity contribution is 5.95. The van der Waals surface area contributed by atoms with Crippen molar-refractivity contribution in [2.75, 3.05) is 19.0 Å². The van der Waals surface area contributed by atoms with E-state index in [2.05, 4.69) is 19.2 Å². The third-order valence-electron chi connectivity index (χ3n) is 4.93. The Bertz CT molecular complexity index is 922. The van der Waals surface area contributed by atoms with Gasteiger partial charge in [-0.05, 0) is 55.5 Å². The van der Waals surface area contributed by atoms with E-state index in [1.165, 1.54) is 14.0 Å². The number of benzene rings is 2. The Morgan fingerprint density at radius 3 is 2.52 bits per heavy atom. The van der Waals surface area contributed by atoms with Crippen LogP contribution in [0.3, 0.4) is 0 Å². The van der Waals surface area contributed by atoms with Crippen molar-refractivity contribution in [1.82, 2.24) is 0 Å². The first kappa shape index (κ1) is 24.0. The van der Waals surface area contributed by atoms with Crippen LogP contribution in [-0.2, 0) is 14.3 Å². The first-order valence-corrected chi connectivity index (χ1v) is 10.4. The number of para-hydroxylation sites is 1. The average Bonchev–Trinajstić information content (AvgIpc) is 2.78. The van der Waals surface area contributed by atoms with Crippen LogP contribution in [0, 0.1) is 0 Å². The highest BCUT2D eigenvalue weighted by atomic mass is 16.6. The lowest BCUT2D eigenvalue weighted by atomic mass is 9.97. The molecular weight excluding hydrogens is 394 g/mol. The van der Waals surface area contributed by atoms with Crippen LogP contribution in [-0.4, -0.2) is 31.7 Å². The normalized spacial score (nSPS) is 12.8. The number of allylic oxidation sites excluding steroid dienone is 1. The molecule has 2 atom stereocenters. The highest BCUT2D eigenvalue weighted by Gasteiger charge is 2.20. The summed E-state index contributed by atoms with van der Waals surface area (Å²) in [4.78, 5) is 24.7. The molecule has 31 heavy (non-hydrogen) atoms. The summed E-state index contributed by atoms with van der Waals surface area (Å²) < 4.78 is 16.1. The van der Waals surface area contributed by atoms with E-state index in [4.69, 9.17) is 14.2 Å². The Hall–Kier alpha value is -3.28. The van der Waals surface area contributed by atoms with Gasteiger partial charge in [-0.3, -0.25) is 4.79 Å². The largest absolute Gasteiger partial charge is 0.493 e. The summed E-state index contributed by atoms with van der Waals surface area (Å²) in [5.74, 6) is 0.204. The second-order valence-corrected chi connectivity index (χ2v) is 7.22. The predicted molar refractivity (Wildman–Crippen MR) is 123 cm³/mol. The predicted octanol–water partition coefficient (Wildman–Crippen LogP) is 5.19. The smallest absolute Gasteiger partial charge is 0.344 e. The molecule has 0 aliphatic heterocycles. The Morgan fingerprint density at radius 1 is 1.10 bits per heavy atom. The average molecular weight is 426 g/mol. The van der Waals surface area contributed by atoms with Gasteiger partial charge in [0.25, 0.3) is 5.91 Å². The van der Waals surface area contributed by atoms with Crippen LogP contribution in [0.1, 0.15) is 51.2 Å². The molecule has 0 saturated heterocycles. The molecule has 0 radical (unpaired) electrons. The molecule has 0 saturated carbocycles. The Morgan fingerprint density at radius 2 is 1.84 bits per heavy atom. The minimum atomic E-state index is -0.958. The van der Waals surface area contributed by atoms with Gasteiger partial charge in [-0.15, -0.1) is 0 Å². The van der Waals surface area contributed by atoms with Crippen molar-refractivity contribution in [1.29, 1.82) is 0 Å². The number of anilines is 1. The fourth-order valence-electron chi connectivity index (χ4n) is 3.02. The van der Waals surface area contributed by atoms with E-state index < -0.39 is 18.0 Å². The van der Waals surface area contributed by atoms with Gasteiger partial charge in [-0.25, -0.2) is 4.79 Å². The van der Waals surface area contributed by atoms with Crippen molar-refractivity contribution >= 4 is 23.6 Å². The summed E-state index contributed by atoms with van der Waals surface area (Å²) in [6.45, 7) is 7.32. The molecule has 1 amide bonds. The molecule has 0 aromatic heterocycles. The maximum Gasteiger partial charge on any atom is 0.344 e. The first-order chi connectivity index (χ1) is 14.9. The van der Waals surface area contributed by atoms with Gasteiger partial charge in [0.2, 0.25) is 0 Å². The molecule has 2 aromatic rings. The summed E-state index contributed by atoms with van der Waals surface area (Å²) in [5.41, 5.74) is 2.73. The lowest BCUT2D eigenvalue weighted by Gasteiger charge is -2.18. The monoisotopic (exact) mass is 425 g/mol. The molecule has 0 aliphatic carbocycles. The van der Waals surface area contributed by atoms with Crippen LogP contribution < -0.4 is 14.8 Å². The van der Waals surface area contributed by atoms with E-state index in [0.29, 0.717) is 17.4 Å². The highest BCUT2D eigenvalue weighted by Crippen LogP contribution is 2.29. The number of hydrogen-bond acceptors (Lipinski definition) is 5. The van der Waals surface area contributed by atoms with Gasteiger partial charge < -0.3 is 19.5 Å².